The van der Waals surface area contributed by atoms with Gasteiger partial charge in [0.25, 0.3) is 0 Å². The van der Waals surface area contributed by atoms with Gasteiger partial charge in [0, 0.05) is 0 Å². The van der Waals surface area contributed by atoms with Gasteiger partial charge in [-0.25, -0.2) is 0 Å². The van der Waals surface area contributed by atoms with E-state index in [9.17, 15) is 18.0 Å². The molecule has 0 saturated carbocycles. The third-order valence-corrected chi connectivity index (χ3v) is 1.11. The Labute approximate surface area is 60.4 Å². The number of thiol groups is 1. The maximum Gasteiger partial charge on any atom is 0.390 e. The van der Waals surface area contributed by atoms with Crippen molar-refractivity contribution in [3.63, 3.8) is 0 Å². The molecule has 0 aromatic carbocycles. The summed E-state index contributed by atoms with van der Waals surface area (Å²) in [6, 6.07) is 0. The molecule has 1 unspecified atom stereocenters. The van der Waals surface area contributed by atoms with Crippen LogP contribution >= 0.6 is 12.6 Å². The molecular formula is C4H5F3O2S. The number of carboxylic acids is 1. The SMILES string of the molecule is O=C(O)C(S)CC(F)(F)F. The molecule has 10 heavy (non-hydrogen) atoms. The molecule has 0 fully saturated rings. The molecule has 0 aliphatic heterocycles. The minimum Gasteiger partial charge on any atom is -0.480 e. The first-order valence-corrected chi connectivity index (χ1v) is 2.82. The van der Waals surface area contributed by atoms with E-state index >= 15 is 0 Å². The van der Waals surface area contributed by atoms with Crippen molar-refractivity contribution in [3.8, 4) is 0 Å². The predicted octanol–water partition coefficient (Wildman–Crippen LogP) is 1.32. The summed E-state index contributed by atoms with van der Waals surface area (Å²) in [5.74, 6) is -1.55. The molecule has 0 radical (unpaired) electrons. The lowest BCUT2D eigenvalue weighted by molar-refractivity contribution is -0.151. The Kier molecular flexibility index (Phi) is 3.01. The number of hydrogen-bond donors (Lipinski definition) is 2. The van der Waals surface area contributed by atoms with Crippen LogP contribution in [0, 0.1) is 0 Å². The van der Waals surface area contributed by atoms with Crippen LogP contribution in [0.1, 0.15) is 6.42 Å². The topological polar surface area (TPSA) is 37.3 Å². The number of halogens is 3. The van der Waals surface area contributed by atoms with Crippen LogP contribution < -0.4 is 0 Å². The van der Waals surface area contributed by atoms with Gasteiger partial charge in [-0.2, -0.15) is 25.8 Å². The van der Waals surface area contributed by atoms with Crippen molar-refractivity contribution in [2.45, 2.75) is 17.8 Å². The molecule has 0 amide bonds. The van der Waals surface area contributed by atoms with Crippen molar-refractivity contribution in [2.24, 2.45) is 0 Å². The average Bonchev–Trinajstić information content (AvgIpc) is 1.60. The third-order valence-electron chi connectivity index (χ3n) is 0.710. The van der Waals surface area contributed by atoms with Crippen molar-refractivity contribution in [1.82, 2.24) is 0 Å². The van der Waals surface area contributed by atoms with Gasteiger partial charge in [0.15, 0.2) is 0 Å². The van der Waals surface area contributed by atoms with Gasteiger partial charge in [-0.1, -0.05) is 0 Å². The lowest BCUT2D eigenvalue weighted by Gasteiger charge is -2.07. The predicted molar refractivity (Wildman–Crippen MR) is 31.1 cm³/mol. The summed E-state index contributed by atoms with van der Waals surface area (Å²) in [5, 5.41) is 6.32. The first-order valence-electron chi connectivity index (χ1n) is 2.30. The largest absolute Gasteiger partial charge is 0.480 e. The van der Waals surface area contributed by atoms with E-state index < -0.39 is 23.8 Å². The van der Waals surface area contributed by atoms with E-state index in [0.29, 0.717) is 0 Å². The van der Waals surface area contributed by atoms with Crippen LogP contribution in [0.25, 0.3) is 0 Å². The molecular weight excluding hydrogens is 169 g/mol. The standard InChI is InChI=1S/C4H5F3O2S/c5-4(6,7)1-2(10)3(8)9/h2,10H,1H2,(H,8,9). The minimum atomic E-state index is -4.45. The summed E-state index contributed by atoms with van der Waals surface area (Å²) in [6.07, 6.45) is -5.85. The fourth-order valence-corrected chi connectivity index (χ4v) is 0.514. The maximum absolute atomic E-state index is 11.4. The third kappa shape index (κ3) is 4.49. The lowest BCUT2D eigenvalue weighted by Crippen LogP contribution is -2.22. The van der Waals surface area contributed by atoms with E-state index in [-0.39, 0.29) is 0 Å². The van der Waals surface area contributed by atoms with Crippen LogP contribution in [0.5, 0.6) is 0 Å². The van der Waals surface area contributed by atoms with Crippen molar-refractivity contribution in [2.75, 3.05) is 0 Å². The van der Waals surface area contributed by atoms with E-state index in [1.165, 1.54) is 0 Å². The summed E-state index contributed by atoms with van der Waals surface area (Å²) in [6.45, 7) is 0. The van der Waals surface area contributed by atoms with E-state index in [4.69, 9.17) is 5.11 Å². The molecule has 2 nitrogen and oxygen atoms in total. The summed E-state index contributed by atoms with van der Waals surface area (Å²) in [5.41, 5.74) is 0. The number of aliphatic carboxylic acids is 1. The maximum atomic E-state index is 11.4. The van der Waals surface area contributed by atoms with Gasteiger partial charge in [0.05, 0.1) is 6.42 Å². The van der Waals surface area contributed by atoms with E-state index in [1.807, 2.05) is 0 Å². The summed E-state index contributed by atoms with van der Waals surface area (Å²) < 4.78 is 34.1. The molecule has 60 valence electrons. The van der Waals surface area contributed by atoms with Crippen LogP contribution in [0.15, 0.2) is 0 Å². The molecule has 0 bridgehead atoms. The monoisotopic (exact) mass is 174 g/mol. The van der Waals surface area contributed by atoms with Gasteiger partial charge in [0.1, 0.15) is 5.25 Å². The number of carboxylic acid groups (broad SMARTS) is 1. The molecule has 0 aliphatic rings. The Morgan fingerprint density at radius 2 is 2.00 bits per heavy atom. The summed E-state index contributed by atoms with van der Waals surface area (Å²) >= 11 is 3.20. The molecule has 1 N–H and O–H groups in total. The zero-order valence-electron chi connectivity index (χ0n) is 4.72. The first kappa shape index (κ1) is 9.61. The zero-order chi connectivity index (χ0) is 8.36. The Hall–Kier alpha value is -0.390. The highest BCUT2D eigenvalue weighted by molar-refractivity contribution is 7.81. The normalized spacial score (nSPS) is 14.8. The van der Waals surface area contributed by atoms with Crippen LogP contribution in [-0.4, -0.2) is 22.5 Å². The molecule has 1 atom stereocenters. The Balaban J connectivity index is 3.80. The zero-order valence-corrected chi connectivity index (χ0v) is 5.62. The average molecular weight is 174 g/mol. The highest BCUT2D eigenvalue weighted by Crippen LogP contribution is 2.23. The molecule has 6 heteroatoms. The molecule has 0 aromatic heterocycles. The highest BCUT2D eigenvalue weighted by atomic mass is 32.1. The van der Waals surface area contributed by atoms with Crippen molar-refractivity contribution >= 4 is 18.6 Å². The molecule has 0 spiro atoms. The molecule has 0 saturated heterocycles. The van der Waals surface area contributed by atoms with Crippen molar-refractivity contribution in [1.29, 1.82) is 0 Å². The molecule has 0 aliphatic carbocycles. The second kappa shape index (κ2) is 3.14. The lowest BCUT2D eigenvalue weighted by atomic mass is 10.3. The summed E-state index contributed by atoms with van der Waals surface area (Å²) in [7, 11) is 0. The van der Waals surface area contributed by atoms with Crippen molar-refractivity contribution in [3.05, 3.63) is 0 Å². The van der Waals surface area contributed by atoms with Gasteiger partial charge in [-0.05, 0) is 0 Å². The quantitative estimate of drug-likeness (QED) is 0.619. The van der Waals surface area contributed by atoms with E-state index in [1.54, 1.807) is 0 Å². The van der Waals surface area contributed by atoms with Gasteiger partial charge in [0.2, 0.25) is 0 Å². The fourth-order valence-electron chi connectivity index (χ4n) is 0.307. The number of carbonyl (C=O) groups is 1. The van der Waals surface area contributed by atoms with E-state index in [2.05, 4.69) is 12.6 Å². The Morgan fingerprint density at radius 3 is 2.10 bits per heavy atom. The second-order valence-electron chi connectivity index (χ2n) is 1.67. The van der Waals surface area contributed by atoms with Crippen LogP contribution in [0.3, 0.4) is 0 Å². The van der Waals surface area contributed by atoms with Gasteiger partial charge in [-0.3, -0.25) is 4.79 Å². The van der Waals surface area contributed by atoms with Crippen molar-refractivity contribution < 1.29 is 23.1 Å². The Morgan fingerprint density at radius 1 is 1.60 bits per heavy atom. The molecule has 0 aromatic rings. The number of hydrogen-bond acceptors (Lipinski definition) is 2. The van der Waals surface area contributed by atoms with Gasteiger partial charge >= 0.3 is 12.1 Å². The van der Waals surface area contributed by atoms with E-state index in [0.717, 1.165) is 0 Å². The smallest absolute Gasteiger partial charge is 0.390 e. The molecule has 0 heterocycles. The fraction of sp³-hybridized carbons (Fsp3) is 0.750. The van der Waals surface area contributed by atoms with Crippen LogP contribution in [0.2, 0.25) is 0 Å². The Bertz CT molecular complexity index is 133. The number of rotatable bonds is 2. The first-order chi connectivity index (χ1) is 4.33. The molecule has 0 rings (SSSR count). The second-order valence-corrected chi connectivity index (χ2v) is 2.30. The minimum absolute atomic E-state index is 1.40. The summed E-state index contributed by atoms with van der Waals surface area (Å²) in [4.78, 5) is 9.80. The van der Waals surface area contributed by atoms with Gasteiger partial charge < -0.3 is 5.11 Å². The number of alkyl halides is 3. The van der Waals surface area contributed by atoms with Crippen LogP contribution in [0.4, 0.5) is 13.2 Å². The van der Waals surface area contributed by atoms with Crippen LogP contribution in [-0.2, 0) is 4.79 Å². The van der Waals surface area contributed by atoms with Gasteiger partial charge in [-0.15, -0.1) is 0 Å². The highest BCUT2D eigenvalue weighted by Gasteiger charge is 2.33.